The highest BCUT2D eigenvalue weighted by Gasteiger charge is 2.29. The number of aromatic nitrogens is 4. The summed E-state index contributed by atoms with van der Waals surface area (Å²) in [5, 5.41) is 14.9. The maximum atomic E-state index is 14.5. The van der Waals surface area contributed by atoms with Gasteiger partial charge in [0, 0.05) is 55.8 Å². The molecule has 1 aliphatic heterocycles. The van der Waals surface area contributed by atoms with Crippen LogP contribution < -0.4 is 4.90 Å². The normalized spacial score (nSPS) is 16.4. The molecule has 31 heavy (non-hydrogen) atoms. The highest BCUT2D eigenvalue weighted by molar-refractivity contribution is 5.86. The van der Waals surface area contributed by atoms with E-state index in [9.17, 15) is 14.3 Å². The molecule has 1 aromatic carbocycles. The Kier molecular flexibility index (Phi) is 4.46. The van der Waals surface area contributed by atoms with Crippen LogP contribution in [0.2, 0.25) is 0 Å². The van der Waals surface area contributed by atoms with Crippen molar-refractivity contribution in [2.75, 3.05) is 25.0 Å². The molecule has 0 unspecified atom stereocenters. The fourth-order valence-electron chi connectivity index (χ4n) is 4.16. The van der Waals surface area contributed by atoms with Gasteiger partial charge in [-0.25, -0.2) is 19.2 Å². The number of halogens is 1. The zero-order valence-corrected chi connectivity index (χ0v) is 17.2. The number of aryl methyl sites for hydroxylation is 1. The quantitative estimate of drug-likeness (QED) is 0.546. The number of hydrogen-bond acceptors (Lipinski definition) is 5. The SMILES string of the molecule is CN(c1cnc2nc(-c3cc(F)c4nn(C)cc4c3)ccc2c1)[C@H]1CCN(C(=O)O)C1. The van der Waals surface area contributed by atoms with Crippen LogP contribution in [0, 0.1) is 5.82 Å². The number of benzene rings is 1. The summed E-state index contributed by atoms with van der Waals surface area (Å²) in [4.78, 5) is 23.8. The first kappa shape index (κ1) is 19.2. The van der Waals surface area contributed by atoms with E-state index in [1.54, 1.807) is 24.1 Å². The second kappa shape index (κ2) is 7.19. The number of rotatable bonds is 3. The zero-order chi connectivity index (χ0) is 21.7. The van der Waals surface area contributed by atoms with E-state index >= 15 is 0 Å². The van der Waals surface area contributed by atoms with Crippen LogP contribution in [-0.2, 0) is 7.05 Å². The minimum atomic E-state index is -0.884. The van der Waals surface area contributed by atoms with Crippen LogP contribution in [0.1, 0.15) is 6.42 Å². The fourth-order valence-corrected chi connectivity index (χ4v) is 4.16. The molecule has 4 aromatic rings. The Morgan fingerprint density at radius 3 is 2.87 bits per heavy atom. The van der Waals surface area contributed by atoms with E-state index in [1.165, 1.54) is 11.0 Å². The van der Waals surface area contributed by atoms with Crippen molar-refractivity contribution in [3.63, 3.8) is 0 Å². The highest BCUT2D eigenvalue weighted by atomic mass is 19.1. The monoisotopic (exact) mass is 420 g/mol. The summed E-state index contributed by atoms with van der Waals surface area (Å²) in [7, 11) is 3.71. The van der Waals surface area contributed by atoms with Gasteiger partial charge in [0.2, 0.25) is 0 Å². The van der Waals surface area contributed by atoms with Crippen LogP contribution in [0.25, 0.3) is 33.2 Å². The summed E-state index contributed by atoms with van der Waals surface area (Å²) in [6.45, 7) is 1.01. The Morgan fingerprint density at radius 1 is 1.26 bits per heavy atom. The molecule has 0 saturated carbocycles. The fraction of sp³-hybridized carbons (Fsp3) is 0.273. The number of likely N-dealkylation sites (N-methyl/N-ethyl adjacent to an activating group) is 1. The van der Waals surface area contributed by atoms with E-state index < -0.39 is 6.09 Å². The first-order chi connectivity index (χ1) is 14.9. The summed E-state index contributed by atoms with van der Waals surface area (Å²) >= 11 is 0. The smallest absolute Gasteiger partial charge is 0.407 e. The Bertz CT molecular complexity index is 1320. The molecule has 5 rings (SSSR count). The van der Waals surface area contributed by atoms with E-state index in [0.29, 0.717) is 35.5 Å². The van der Waals surface area contributed by atoms with Crippen LogP contribution in [0.5, 0.6) is 0 Å². The summed E-state index contributed by atoms with van der Waals surface area (Å²) < 4.78 is 16.1. The summed E-state index contributed by atoms with van der Waals surface area (Å²) in [6.07, 6.45) is 3.41. The molecule has 8 nitrogen and oxygen atoms in total. The molecule has 0 radical (unpaired) electrons. The summed E-state index contributed by atoms with van der Waals surface area (Å²) in [6, 6.07) is 9.19. The van der Waals surface area contributed by atoms with Gasteiger partial charge in [0.25, 0.3) is 0 Å². The van der Waals surface area contributed by atoms with Crippen LogP contribution in [-0.4, -0.2) is 62.0 Å². The van der Waals surface area contributed by atoms with Crippen molar-refractivity contribution in [2.45, 2.75) is 12.5 Å². The number of pyridine rings is 2. The lowest BCUT2D eigenvalue weighted by Crippen LogP contribution is -2.36. The number of carbonyl (C=O) groups is 1. The van der Waals surface area contributed by atoms with Crippen LogP contribution in [0.3, 0.4) is 0 Å². The topological polar surface area (TPSA) is 87.4 Å². The standard InChI is InChI=1S/C22H21FN6O2/c1-27-11-15-7-14(9-18(23)20(15)26-27)19-4-3-13-8-17(10-24-21(13)25-19)28(2)16-5-6-29(12-16)22(30)31/h3-4,7-11,16H,5-6,12H2,1-2H3,(H,30,31)/t16-/m0/s1. The predicted octanol–water partition coefficient (Wildman–Crippen LogP) is 3.51. The molecule has 1 aliphatic rings. The number of anilines is 1. The van der Waals surface area contributed by atoms with Gasteiger partial charge in [-0.05, 0) is 36.8 Å². The number of carboxylic acid groups (broad SMARTS) is 1. The van der Waals surface area contributed by atoms with Crippen molar-refractivity contribution in [2.24, 2.45) is 7.05 Å². The highest BCUT2D eigenvalue weighted by Crippen LogP contribution is 2.28. The third kappa shape index (κ3) is 3.41. The molecule has 0 bridgehead atoms. The molecule has 1 fully saturated rings. The second-order valence-corrected chi connectivity index (χ2v) is 7.92. The van der Waals surface area contributed by atoms with Gasteiger partial charge in [0.1, 0.15) is 5.52 Å². The Labute approximate surface area is 177 Å². The van der Waals surface area contributed by atoms with Gasteiger partial charge in [-0.3, -0.25) is 4.68 Å². The maximum Gasteiger partial charge on any atom is 0.407 e. The zero-order valence-electron chi connectivity index (χ0n) is 17.2. The maximum absolute atomic E-state index is 14.5. The lowest BCUT2D eigenvalue weighted by atomic mass is 10.1. The Morgan fingerprint density at radius 2 is 2.10 bits per heavy atom. The lowest BCUT2D eigenvalue weighted by molar-refractivity contribution is 0.155. The number of likely N-dealkylation sites (tertiary alicyclic amines) is 1. The number of nitrogens with zero attached hydrogens (tertiary/aromatic N) is 6. The van der Waals surface area contributed by atoms with E-state index in [1.807, 2.05) is 31.3 Å². The first-order valence-electron chi connectivity index (χ1n) is 10.00. The number of amides is 1. The van der Waals surface area contributed by atoms with E-state index in [-0.39, 0.29) is 11.9 Å². The van der Waals surface area contributed by atoms with Crippen molar-refractivity contribution >= 4 is 33.7 Å². The molecule has 3 aromatic heterocycles. The molecule has 9 heteroatoms. The largest absolute Gasteiger partial charge is 0.465 e. The molecular formula is C22H21FN6O2. The third-order valence-corrected chi connectivity index (χ3v) is 5.89. The van der Waals surface area contributed by atoms with Gasteiger partial charge in [0.05, 0.1) is 17.6 Å². The van der Waals surface area contributed by atoms with Gasteiger partial charge in [-0.2, -0.15) is 5.10 Å². The van der Waals surface area contributed by atoms with Gasteiger partial charge < -0.3 is 14.9 Å². The molecular weight excluding hydrogens is 399 g/mol. The predicted molar refractivity (Wildman–Crippen MR) is 116 cm³/mol. The van der Waals surface area contributed by atoms with E-state index in [4.69, 9.17) is 0 Å². The van der Waals surface area contributed by atoms with Crippen LogP contribution in [0.4, 0.5) is 14.9 Å². The van der Waals surface area contributed by atoms with Gasteiger partial charge >= 0.3 is 6.09 Å². The third-order valence-electron chi connectivity index (χ3n) is 5.89. The van der Waals surface area contributed by atoms with Gasteiger partial charge in [-0.1, -0.05) is 0 Å². The molecule has 1 amide bonds. The van der Waals surface area contributed by atoms with Crippen molar-refractivity contribution in [1.29, 1.82) is 0 Å². The van der Waals surface area contributed by atoms with Crippen molar-refractivity contribution in [3.05, 3.63) is 48.5 Å². The average Bonchev–Trinajstić information content (AvgIpc) is 3.39. The lowest BCUT2D eigenvalue weighted by Gasteiger charge is -2.26. The molecule has 1 saturated heterocycles. The molecule has 158 valence electrons. The second-order valence-electron chi connectivity index (χ2n) is 7.92. The van der Waals surface area contributed by atoms with Crippen LogP contribution in [0.15, 0.2) is 42.7 Å². The van der Waals surface area contributed by atoms with Crippen molar-refractivity contribution in [1.82, 2.24) is 24.6 Å². The molecule has 4 heterocycles. The number of hydrogen-bond donors (Lipinski definition) is 1. The average molecular weight is 420 g/mol. The van der Waals surface area contributed by atoms with Gasteiger partial charge in [-0.15, -0.1) is 0 Å². The Balaban J connectivity index is 1.45. The molecule has 0 spiro atoms. The molecule has 0 aliphatic carbocycles. The minimum absolute atomic E-state index is 0.108. The minimum Gasteiger partial charge on any atom is -0.465 e. The first-order valence-corrected chi connectivity index (χ1v) is 10.00. The Hall–Kier alpha value is -3.75. The van der Waals surface area contributed by atoms with E-state index in [2.05, 4.69) is 20.0 Å². The van der Waals surface area contributed by atoms with Gasteiger partial charge in [0.15, 0.2) is 11.5 Å². The summed E-state index contributed by atoms with van der Waals surface area (Å²) in [5.41, 5.74) is 3.12. The molecule has 1 atom stereocenters. The number of fused-ring (bicyclic) bond motifs is 2. The molecule has 1 N–H and O–H groups in total. The summed E-state index contributed by atoms with van der Waals surface area (Å²) in [5.74, 6) is -0.383. The van der Waals surface area contributed by atoms with Crippen molar-refractivity contribution in [3.8, 4) is 11.3 Å². The van der Waals surface area contributed by atoms with E-state index in [0.717, 1.165) is 22.9 Å². The van der Waals surface area contributed by atoms with Crippen LogP contribution >= 0.6 is 0 Å². The van der Waals surface area contributed by atoms with Crippen molar-refractivity contribution < 1.29 is 14.3 Å².